The highest BCUT2D eigenvalue weighted by atomic mass is 16.5. The summed E-state index contributed by atoms with van der Waals surface area (Å²) in [4.78, 5) is 32.6. The van der Waals surface area contributed by atoms with Crippen LogP contribution in [0.2, 0.25) is 0 Å². The number of ether oxygens (including phenoxy) is 1. The van der Waals surface area contributed by atoms with Gasteiger partial charge >= 0.3 is 0 Å². The molecule has 6 nitrogen and oxygen atoms in total. The summed E-state index contributed by atoms with van der Waals surface area (Å²) in [6.45, 7) is 1.34. The number of nitrogens with one attached hydrogen (secondary N) is 1. The summed E-state index contributed by atoms with van der Waals surface area (Å²) in [5.74, 6) is -0.252. The fourth-order valence-electron chi connectivity index (χ4n) is 4.55. The van der Waals surface area contributed by atoms with Crippen LogP contribution in [0.3, 0.4) is 0 Å². The van der Waals surface area contributed by atoms with Gasteiger partial charge in [-0.15, -0.1) is 0 Å². The number of amides is 2. The predicted molar refractivity (Wildman–Crippen MR) is 107 cm³/mol. The molecule has 1 saturated carbocycles. The van der Waals surface area contributed by atoms with Gasteiger partial charge < -0.3 is 15.0 Å². The maximum atomic E-state index is 13.3. The summed E-state index contributed by atoms with van der Waals surface area (Å²) < 4.78 is 5.58. The highest BCUT2D eigenvalue weighted by Gasteiger charge is 2.47. The summed E-state index contributed by atoms with van der Waals surface area (Å²) in [5, 5.41) is 2.96. The molecule has 0 unspecified atom stereocenters. The molecule has 2 amide bonds. The molecule has 1 aliphatic carbocycles. The number of hydrogen-bond donors (Lipinski definition) is 1. The maximum absolute atomic E-state index is 13.3. The van der Waals surface area contributed by atoms with Gasteiger partial charge in [0.25, 0.3) is 5.91 Å². The Morgan fingerprint density at radius 2 is 1.89 bits per heavy atom. The molecule has 1 aromatic rings. The quantitative estimate of drug-likeness (QED) is 0.850. The van der Waals surface area contributed by atoms with E-state index in [-0.39, 0.29) is 24.5 Å². The van der Waals surface area contributed by atoms with Gasteiger partial charge in [-0.25, -0.2) is 0 Å². The SMILES string of the molecule is O=C(CN1C(=O)C(c2ccccc2)=NC12CCCCCC2)NC[C@@H]1CCCO1. The highest BCUT2D eigenvalue weighted by Crippen LogP contribution is 2.38. The van der Waals surface area contributed by atoms with Gasteiger partial charge in [-0.1, -0.05) is 43.2 Å². The van der Waals surface area contributed by atoms with Crippen LogP contribution in [-0.4, -0.2) is 53.9 Å². The Balaban J connectivity index is 1.52. The first kappa shape index (κ1) is 19.1. The number of aliphatic imine (C=N–C) groups is 1. The first-order valence-corrected chi connectivity index (χ1v) is 10.5. The van der Waals surface area contributed by atoms with Crippen molar-refractivity contribution >= 4 is 17.5 Å². The Kier molecular flexibility index (Phi) is 5.76. The number of nitrogens with zero attached hydrogens (tertiary/aromatic N) is 2. The molecule has 6 heteroatoms. The Labute approximate surface area is 166 Å². The molecule has 1 N–H and O–H groups in total. The highest BCUT2D eigenvalue weighted by molar-refractivity contribution is 6.47. The third-order valence-corrected chi connectivity index (χ3v) is 6.07. The summed E-state index contributed by atoms with van der Waals surface area (Å²) in [6.07, 6.45) is 8.16. The maximum Gasteiger partial charge on any atom is 0.275 e. The van der Waals surface area contributed by atoms with E-state index < -0.39 is 5.66 Å². The average molecular weight is 383 g/mol. The van der Waals surface area contributed by atoms with E-state index in [1.54, 1.807) is 4.90 Å². The zero-order valence-corrected chi connectivity index (χ0v) is 16.4. The van der Waals surface area contributed by atoms with Crippen molar-refractivity contribution in [2.24, 2.45) is 4.99 Å². The second kappa shape index (κ2) is 8.43. The molecule has 0 aromatic heterocycles. The minimum Gasteiger partial charge on any atom is -0.376 e. The third-order valence-electron chi connectivity index (χ3n) is 6.07. The lowest BCUT2D eigenvalue weighted by atomic mass is 10.00. The van der Waals surface area contributed by atoms with Crippen molar-refractivity contribution in [2.75, 3.05) is 19.7 Å². The van der Waals surface area contributed by atoms with Gasteiger partial charge in [0.1, 0.15) is 17.9 Å². The largest absolute Gasteiger partial charge is 0.376 e. The molecule has 0 bridgehead atoms. The first-order valence-electron chi connectivity index (χ1n) is 10.5. The molecule has 150 valence electrons. The van der Waals surface area contributed by atoms with E-state index in [1.165, 1.54) is 0 Å². The molecule has 28 heavy (non-hydrogen) atoms. The van der Waals surface area contributed by atoms with Crippen molar-refractivity contribution in [1.82, 2.24) is 10.2 Å². The van der Waals surface area contributed by atoms with E-state index in [4.69, 9.17) is 9.73 Å². The molecule has 1 aromatic carbocycles. The molecule has 1 spiro atoms. The molecule has 2 heterocycles. The van der Waals surface area contributed by atoms with Crippen LogP contribution in [0.5, 0.6) is 0 Å². The Bertz CT molecular complexity index is 733. The molecular formula is C22H29N3O3. The van der Waals surface area contributed by atoms with Gasteiger partial charge in [-0.2, -0.15) is 0 Å². The number of carbonyl (C=O) groups is 2. The van der Waals surface area contributed by atoms with E-state index in [2.05, 4.69) is 5.32 Å². The topological polar surface area (TPSA) is 71.0 Å². The number of carbonyl (C=O) groups excluding carboxylic acids is 2. The van der Waals surface area contributed by atoms with Crippen LogP contribution in [-0.2, 0) is 14.3 Å². The van der Waals surface area contributed by atoms with Crippen molar-refractivity contribution in [1.29, 1.82) is 0 Å². The minimum absolute atomic E-state index is 0.0609. The van der Waals surface area contributed by atoms with Crippen LogP contribution in [0.15, 0.2) is 35.3 Å². The van der Waals surface area contributed by atoms with Gasteiger partial charge in [-0.05, 0) is 38.5 Å². The monoisotopic (exact) mass is 383 g/mol. The molecule has 3 aliphatic rings. The van der Waals surface area contributed by atoms with Gasteiger partial charge in [-0.3, -0.25) is 14.6 Å². The summed E-state index contributed by atoms with van der Waals surface area (Å²) in [6, 6.07) is 9.61. The van der Waals surface area contributed by atoms with Crippen molar-refractivity contribution in [3.8, 4) is 0 Å². The smallest absolute Gasteiger partial charge is 0.275 e. The summed E-state index contributed by atoms with van der Waals surface area (Å²) >= 11 is 0. The Morgan fingerprint density at radius 3 is 2.57 bits per heavy atom. The van der Waals surface area contributed by atoms with Crippen LogP contribution in [0, 0.1) is 0 Å². The molecule has 1 saturated heterocycles. The van der Waals surface area contributed by atoms with E-state index in [9.17, 15) is 9.59 Å². The van der Waals surface area contributed by atoms with Crippen LogP contribution in [0.1, 0.15) is 56.9 Å². The van der Waals surface area contributed by atoms with Crippen LogP contribution < -0.4 is 5.32 Å². The second-order valence-electron chi connectivity index (χ2n) is 8.05. The summed E-state index contributed by atoms with van der Waals surface area (Å²) in [7, 11) is 0. The molecule has 4 rings (SSSR count). The van der Waals surface area contributed by atoms with Gasteiger partial charge in [0.05, 0.1) is 6.10 Å². The van der Waals surface area contributed by atoms with Crippen LogP contribution in [0.4, 0.5) is 0 Å². The molecule has 2 aliphatic heterocycles. The van der Waals surface area contributed by atoms with Gasteiger partial charge in [0.2, 0.25) is 5.91 Å². The van der Waals surface area contributed by atoms with Crippen LogP contribution in [0.25, 0.3) is 0 Å². The Hall–Kier alpha value is -2.21. The predicted octanol–water partition coefficient (Wildman–Crippen LogP) is 2.66. The minimum atomic E-state index is -0.569. The third kappa shape index (κ3) is 3.97. The average Bonchev–Trinajstić information content (AvgIpc) is 3.24. The van der Waals surface area contributed by atoms with Gasteiger partial charge in [0, 0.05) is 18.7 Å². The second-order valence-corrected chi connectivity index (χ2v) is 8.05. The fraction of sp³-hybridized carbons (Fsp3) is 0.591. The normalized spacial score (nSPS) is 24.3. The number of rotatable bonds is 5. The van der Waals surface area contributed by atoms with E-state index in [0.717, 1.165) is 63.5 Å². The van der Waals surface area contributed by atoms with Crippen molar-refractivity contribution in [2.45, 2.75) is 63.1 Å². The first-order chi connectivity index (χ1) is 13.7. The molecule has 2 fully saturated rings. The standard InChI is InChI=1S/C22H29N3O3/c26-19(23-15-18-11-8-14-28-18)16-25-21(27)20(17-9-4-3-5-10-17)24-22(25)12-6-1-2-7-13-22/h3-5,9-10,18H,1-2,6-8,11-16H2,(H,23,26)/t18-/m0/s1. The zero-order valence-electron chi connectivity index (χ0n) is 16.4. The lowest BCUT2D eigenvalue weighted by molar-refractivity contribution is -0.135. The molecule has 0 radical (unpaired) electrons. The zero-order chi connectivity index (χ0) is 19.4. The van der Waals surface area contributed by atoms with Crippen LogP contribution >= 0.6 is 0 Å². The van der Waals surface area contributed by atoms with E-state index in [1.807, 2.05) is 30.3 Å². The van der Waals surface area contributed by atoms with Crippen molar-refractivity contribution in [3.05, 3.63) is 35.9 Å². The van der Waals surface area contributed by atoms with Crippen molar-refractivity contribution in [3.63, 3.8) is 0 Å². The van der Waals surface area contributed by atoms with E-state index in [0.29, 0.717) is 12.3 Å². The lowest BCUT2D eigenvalue weighted by Gasteiger charge is -2.35. The van der Waals surface area contributed by atoms with Crippen molar-refractivity contribution < 1.29 is 14.3 Å². The summed E-state index contributed by atoms with van der Waals surface area (Å²) in [5.41, 5.74) is 0.757. The Morgan fingerprint density at radius 1 is 1.14 bits per heavy atom. The van der Waals surface area contributed by atoms with Gasteiger partial charge in [0.15, 0.2) is 0 Å². The number of hydrogen-bond acceptors (Lipinski definition) is 4. The molecule has 1 atom stereocenters. The van der Waals surface area contributed by atoms with E-state index >= 15 is 0 Å². The lowest BCUT2D eigenvalue weighted by Crippen LogP contribution is -2.51. The molecular weight excluding hydrogens is 354 g/mol. The fourth-order valence-corrected chi connectivity index (χ4v) is 4.55. The number of benzene rings is 1.